The van der Waals surface area contributed by atoms with Crippen molar-refractivity contribution in [1.82, 2.24) is 0 Å². The van der Waals surface area contributed by atoms with Gasteiger partial charge >= 0.3 is 0 Å². The number of hydrogen-bond donors (Lipinski definition) is 2. The predicted molar refractivity (Wildman–Crippen MR) is 90.4 cm³/mol. The average Bonchev–Trinajstić information content (AvgIpc) is 3.38. The number of aliphatic hydroxyl groups excluding tert-OH is 2. The summed E-state index contributed by atoms with van der Waals surface area (Å²) in [6.45, 7) is 0.765. The average molecular weight is 314 g/mol. The number of fused-ring (bicyclic) bond motifs is 4. The van der Waals surface area contributed by atoms with E-state index in [2.05, 4.69) is 24.3 Å². The van der Waals surface area contributed by atoms with E-state index in [9.17, 15) is 10.2 Å². The third-order valence-corrected chi connectivity index (χ3v) is 8.40. The van der Waals surface area contributed by atoms with Gasteiger partial charge in [-0.15, -0.1) is 0 Å². The maximum Gasteiger partial charge on any atom is 0.0467 e. The molecular weight excluding hydrogens is 284 g/mol. The van der Waals surface area contributed by atoms with Crippen molar-refractivity contribution in [2.45, 2.75) is 32.1 Å². The third-order valence-electron chi connectivity index (χ3n) is 8.40. The van der Waals surface area contributed by atoms with Crippen molar-refractivity contribution in [2.75, 3.05) is 13.2 Å². The molecule has 0 spiro atoms. The van der Waals surface area contributed by atoms with Crippen molar-refractivity contribution in [1.29, 1.82) is 0 Å². The van der Waals surface area contributed by atoms with E-state index >= 15 is 0 Å². The molecule has 2 nitrogen and oxygen atoms in total. The summed E-state index contributed by atoms with van der Waals surface area (Å²) >= 11 is 0. The van der Waals surface area contributed by atoms with E-state index in [4.69, 9.17) is 0 Å². The molecule has 4 bridgehead atoms. The Morgan fingerprint density at radius 2 is 1.04 bits per heavy atom. The lowest BCUT2D eigenvalue weighted by molar-refractivity contribution is 0.107. The van der Waals surface area contributed by atoms with Crippen molar-refractivity contribution in [3.05, 3.63) is 24.3 Å². The van der Waals surface area contributed by atoms with Crippen molar-refractivity contribution < 1.29 is 10.2 Å². The van der Waals surface area contributed by atoms with Crippen molar-refractivity contribution >= 4 is 0 Å². The van der Waals surface area contributed by atoms with Crippen LogP contribution in [-0.4, -0.2) is 23.4 Å². The summed E-state index contributed by atoms with van der Waals surface area (Å²) in [5, 5.41) is 19.8. The zero-order chi connectivity index (χ0) is 15.6. The van der Waals surface area contributed by atoms with Gasteiger partial charge in [-0.05, 0) is 91.3 Å². The van der Waals surface area contributed by atoms with E-state index in [1.807, 2.05) is 0 Å². The Balaban J connectivity index is 1.32. The first-order valence-corrected chi connectivity index (χ1v) is 9.88. The van der Waals surface area contributed by atoms with E-state index in [0.717, 1.165) is 35.5 Å². The normalized spacial score (nSPS) is 56.3. The predicted octanol–water partition coefficient (Wildman–Crippen LogP) is 3.26. The van der Waals surface area contributed by atoms with Gasteiger partial charge in [0.1, 0.15) is 0 Å². The van der Waals surface area contributed by atoms with Crippen LogP contribution in [0.4, 0.5) is 0 Å². The Morgan fingerprint density at radius 1 is 0.609 bits per heavy atom. The zero-order valence-corrected chi connectivity index (χ0v) is 13.9. The minimum absolute atomic E-state index is 0.382. The molecule has 0 radical (unpaired) electrons. The van der Waals surface area contributed by atoms with E-state index in [-0.39, 0.29) is 0 Å². The highest BCUT2D eigenvalue weighted by Crippen LogP contribution is 2.59. The molecule has 0 aromatic carbocycles. The summed E-state index contributed by atoms with van der Waals surface area (Å²) < 4.78 is 0. The number of rotatable bonds is 4. The smallest absolute Gasteiger partial charge is 0.0467 e. The first kappa shape index (κ1) is 14.7. The fourth-order valence-electron chi connectivity index (χ4n) is 7.59. The van der Waals surface area contributed by atoms with Crippen LogP contribution in [0.5, 0.6) is 0 Å². The Labute approximate surface area is 139 Å². The molecule has 5 aliphatic rings. The molecule has 0 heterocycles. The van der Waals surface area contributed by atoms with Crippen LogP contribution in [0.25, 0.3) is 0 Å². The second-order valence-electron chi connectivity index (χ2n) is 9.08. The highest BCUT2D eigenvalue weighted by atomic mass is 16.3. The molecule has 126 valence electrons. The summed E-state index contributed by atoms with van der Waals surface area (Å²) in [5.41, 5.74) is 0. The van der Waals surface area contributed by atoms with Crippen LogP contribution in [0.15, 0.2) is 24.3 Å². The van der Waals surface area contributed by atoms with E-state index in [0.29, 0.717) is 36.9 Å². The van der Waals surface area contributed by atoms with E-state index < -0.39 is 0 Å². The van der Waals surface area contributed by atoms with Gasteiger partial charge in [0.2, 0.25) is 0 Å². The first-order chi connectivity index (χ1) is 11.3. The Morgan fingerprint density at radius 3 is 1.48 bits per heavy atom. The molecule has 0 saturated heterocycles. The monoisotopic (exact) mass is 314 g/mol. The van der Waals surface area contributed by atoms with Gasteiger partial charge in [-0.1, -0.05) is 24.3 Å². The van der Waals surface area contributed by atoms with E-state index in [1.165, 1.54) is 32.1 Å². The van der Waals surface area contributed by atoms with Gasteiger partial charge < -0.3 is 10.2 Å². The topological polar surface area (TPSA) is 40.5 Å². The van der Waals surface area contributed by atoms with Crippen LogP contribution < -0.4 is 0 Å². The van der Waals surface area contributed by atoms with Gasteiger partial charge in [0.25, 0.3) is 0 Å². The van der Waals surface area contributed by atoms with Crippen LogP contribution in [0, 0.1) is 59.2 Å². The van der Waals surface area contributed by atoms with Crippen LogP contribution in [-0.2, 0) is 0 Å². The molecule has 2 unspecified atom stereocenters. The number of aliphatic hydroxyl groups is 2. The summed E-state index contributed by atoms with van der Waals surface area (Å²) in [6.07, 6.45) is 16.3. The molecule has 2 heteroatoms. The maximum atomic E-state index is 9.89. The zero-order valence-electron chi connectivity index (χ0n) is 13.9. The van der Waals surface area contributed by atoms with Gasteiger partial charge in [-0.2, -0.15) is 0 Å². The SMILES string of the molecule is OC[C@@H]1[C@@H](C2CCC([C@H]3[C@H](CO)[C@H]4C=C[C@@H]3C4)C2)[C@H]2C=C[C@@H]1C2. The Kier molecular flexibility index (Phi) is 3.49. The van der Waals surface area contributed by atoms with Gasteiger partial charge in [-0.25, -0.2) is 0 Å². The molecule has 3 fully saturated rings. The Hall–Kier alpha value is -0.600. The lowest BCUT2D eigenvalue weighted by Gasteiger charge is -2.34. The molecule has 23 heavy (non-hydrogen) atoms. The van der Waals surface area contributed by atoms with Crippen LogP contribution in [0.1, 0.15) is 32.1 Å². The van der Waals surface area contributed by atoms with Crippen LogP contribution >= 0.6 is 0 Å². The highest BCUT2D eigenvalue weighted by Gasteiger charge is 2.52. The number of allylic oxidation sites excluding steroid dienone is 4. The quantitative estimate of drug-likeness (QED) is 0.782. The maximum absolute atomic E-state index is 9.89. The molecule has 0 amide bonds. The first-order valence-electron chi connectivity index (χ1n) is 9.88. The third kappa shape index (κ3) is 2.07. The van der Waals surface area contributed by atoms with Gasteiger partial charge in [0.05, 0.1) is 0 Å². The molecule has 3 saturated carbocycles. The summed E-state index contributed by atoms with van der Waals surface area (Å²) in [4.78, 5) is 0. The lowest BCUT2D eigenvalue weighted by Crippen LogP contribution is -2.31. The molecular formula is C21H30O2. The number of hydrogen-bond acceptors (Lipinski definition) is 2. The van der Waals surface area contributed by atoms with Crippen molar-refractivity contribution in [3.8, 4) is 0 Å². The molecule has 0 aromatic rings. The summed E-state index contributed by atoms with van der Waals surface area (Å²) in [5.74, 6) is 6.98. The molecule has 5 rings (SSSR count). The molecule has 5 aliphatic carbocycles. The molecule has 0 aliphatic heterocycles. The van der Waals surface area contributed by atoms with Crippen molar-refractivity contribution in [2.24, 2.45) is 59.2 Å². The second-order valence-corrected chi connectivity index (χ2v) is 9.08. The molecule has 2 N–H and O–H groups in total. The summed E-state index contributed by atoms with van der Waals surface area (Å²) in [7, 11) is 0. The fourth-order valence-corrected chi connectivity index (χ4v) is 7.59. The molecule has 10 atom stereocenters. The summed E-state index contributed by atoms with van der Waals surface area (Å²) in [6, 6.07) is 0. The second kappa shape index (κ2) is 5.46. The minimum atomic E-state index is 0.382. The van der Waals surface area contributed by atoms with Crippen molar-refractivity contribution in [3.63, 3.8) is 0 Å². The van der Waals surface area contributed by atoms with Crippen LogP contribution in [0.2, 0.25) is 0 Å². The Bertz CT molecular complexity index is 478. The van der Waals surface area contributed by atoms with E-state index in [1.54, 1.807) is 0 Å². The fraction of sp³-hybridized carbons (Fsp3) is 0.810. The van der Waals surface area contributed by atoms with Gasteiger partial charge in [0, 0.05) is 13.2 Å². The molecule has 0 aromatic heterocycles. The van der Waals surface area contributed by atoms with Gasteiger partial charge in [-0.3, -0.25) is 0 Å². The largest absolute Gasteiger partial charge is 0.396 e. The van der Waals surface area contributed by atoms with Crippen LogP contribution in [0.3, 0.4) is 0 Å². The minimum Gasteiger partial charge on any atom is -0.396 e. The van der Waals surface area contributed by atoms with Gasteiger partial charge in [0.15, 0.2) is 0 Å². The lowest BCUT2D eigenvalue weighted by atomic mass is 9.71. The standard InChI is InChI=1S/C21H30O2/c22-10-18-12-1-3-14(7-12)20(18)16-5-6-17(9-16)21-15-4-2-13(8-15)19(21)11-23/h1-4,12-23H,5-11H2/t12-,13+,14+,15-,16?,17?,18+,19-,20-,21+. The highest BCUT2D eigenvalue weighted by molar-refractivity contribution is 5.17.